The van der Waals surface area contributed by atoms with Crippen LogP contribution < -0.4 is 4.74 Å². The summed E-state index contributed by atoms with van der Waals surface area (Å²) >= 11 is 6.58. The second-order valence-electron chi connectivity index (χ2n) is 6.50. The summed E-state index contributed by atoms with van der Waals surface area (Å²) < 4.78 is 19.7. The highest BCUT2D eigenvalue weighted by Gasteiger charge is 2.44. The first-order chi connectivity index (χ1) is 13.1. The summed E-state index contributed by atoms with van der Waals surface area (Å²) in [7, 11) is 0. The minimum Gasteiger partial charge on any atom is -0.489 e. The molecule has 140 valence electrons. The molecule has 1 aromatic heterocycles. The number of aromatic nitrogens is 3. The molecule has 1 saturated heterocycles. The lowest BCUT2D eigenvalue weighted by molar-refractivity contribution is -0.186. The van der Waals surface area contributed by atoms with Gasteiger partial charge in [0.15, 0.2) is 0 Å². The fourth-order valence-corrected chi connectivity index (χ4v) is 3.43. The Morgan fingerprint density at radius 3 is 2.78 bits per heavy atom. The third-order valence-corrected chi connectivity index (χ3v) is 4.69. The number of rotatable bonds is 6. The van der Waals surface area contributed by atoms with E-state index in [9.17, 15) is 0 Å². The number of benzene rings is 2. The first-order valence-electron chi connectivity index (χ1n) is 8.75. The van der Waals surface area contributed by atoms with Crippen LogP contribution in [0.15, 0.2) is 61.2 Å². The zero-order valence-electron chi connectivity index (χ0n) is 14.9. The number of hydrogen-bond acceptors (Lipinski definition) is 5. The molecule has 7 heteroatoms. The van der Waals surface area contributed by atoms with Crippen molar-refractivity contribution in [3.05, 3.63) is 77.3 Å². The number of ether oxygens (including phenoxy) is 3. The van der Waals surface area contributed by atoms with Gasteiger partial charge in [-0.3, -0.25) is 0 Å². The van der Waals surface area contributed by atoms with Crippen molar-refractivity contribution in [2.24, 2.45) is 0 Å². The molecule has 0 saturated carbocycles. The van der Waals surface area contributed by atoms with Gasteiger partial charge in [-0.1, -0.05) is 41.9 Å². The Kier molecular flexibility index (Phi) is 5.11. The van der Waals surface area contributed by atoms with Gasteiger partial charge in [-0.25, -0.2) is 9.67 Å². The normalized spacial score (nSPS) is 22.1. The van der Waals surface area contributed by atoms with Crippen molar-refractivity contribution in [1.29, 1.82) is 0 Å². The predicted octanol–water partition coefficient (Wildman–Crippen LogP) is 3.80. The van der Waals surface area contributed by atoms with E-state index < -0.39 is 5.79 Å². The molecule has 6 nitrogen and oxygen atoms in total. The van der Waals surface area contributed by atoms with Crippen LogP contribution in [0.3, 0.4) is 0 Å². The van der Waals surface area contributed by atoms with E-state index in [0.29, 0.717) is 30.5 Å². The van der Waals surface area contributed by atoms with E-state index in [0.717, 1.165) is 11.1 Å². The topological polar surface area (TPSA) is 58.4 Å². The molecule has 2 heterocycles. The van der Waals surface area contributed by atoms with Crippen molar-refractivity contribution in [1.82, 2.24) is 14.8 Å². The van der Waals surface area contributed by atoms with Crippen molar-refractivity contribution in [3.63, 3.8) is 0 Å². The highest BCUT2D eigenvalue weighted by atomic mass is 35.5. The molecule has 1 aliphatic rings. The lowest BCUT2D eigenvalue weighted by Gasteiger charge is -2.29. The predicted molar refractivity (Wildman–Crippen MR) is 100 cm³/mol. The molecule has 0 aliphatic carbocycles. The average Bonchev–Trinajstić information content (AvgIpc) is 3.31. The molecule has 0 N–H and O–H groups in total. The molecule has 4 rings (SSSR count). The van der Waals surface area contributed by atoms with Gasteiger partial charge in [-0.2, -0.15) is 5.10 Å². The Morgan fingerprint density at radius 1 is 1.26 bits per heavy atom. The summed E-state index contributed by atoms with van der Waals surface area (Å²) in [5.41, 5.74) is 1.84. The van der Waals surface area contributed by atoms with Crippen molar-refractivity contribution < 1.29 is 14.2 Å². The van der Waals surface area contributed by atoms with E-state index in [1.807, 2.05) is 49.4 Å². The first kappa shape index (κ1) is 18.0. The summed E-state index contributed by atoms with van der Waals surface area (Å²) in [5, 5.41) is 4.69. The van der Waals surface area contributed by atoms with Crippen molar-refractivity contribution in [2.75, 3.05) is 6.61 Å². The SMILES string of the molecule is CC1COC(Cn2cncn2)(c2ccc(OCc3ccccc3)cc2Cl)O1. The van der Waals surface area contributed by atoms with Gasteiger partial charge in [0, 0.05) is 5.56 Å². The lowest BCUT2D eigenvalue weighted by Crippen LogP contribution is -2.34. The van der Waals surface area contributed by atoms with Crippen molar-refractivity contribution >= 4 is 11.6 Å². The summed E-state index contributed by atoms with van der Waals surface area (Å²) in [6.45, 7) is 3.29. The van der Waals surface area contributed by atoms with Gasteiger partial charge in [-0.05, 0) is 30.7 Å². The van der Waals surface area contributed by atoms with Crippen molar-refractivity contribution in [2.45, 2.75) is 32.0 Å². The molecular formula is C20H20ClN3O3. The summed E-state index contributed by atoms with van der Waals surface area (Å²) in [5.74, 6) is -0.308. The standard InChI is InChI=1S/C20H20ClN3O3/c1-15-10-26-20(27-15,12-24-14-22-13-23-24)18-8-7-17(9-19(18)21)25-11-16-5-3-2-4-6-16/h2-9,13-15H,10-12H2,1H3. The molecular weight excluding hydrogens is 366 g/mol. The van der Waals surface area contributed by atoms with Crippen LogP contribution in [0.2, 0.25) is 5.02 Å². The zero-order valence-corrected chi connectivity index (χ0v) is 15.7. The zero-order chi connectivity index (χ0) is 18.7. The van der Waals surface area contributed by atoms with Gasteiger partial charge >= 0.3 is 0 Å². The second kappa shape index (κ2) is 7.68. The summed E-state index contributed by atoms with van der Waals surface area (Å²) in [4.78, 5) is 3.99. The Morgan fingerprint density at radius 2 is 2.11 bits per heavy atom. The van der Waals surface area contributed by atoms with Crippen LogP contribution in [0.1, 0.15) is 18.1 Å². The molecule has 27 heavy (non-hydrogen) atoms. The van der Waals surface area contributed by atoms with E-state index in [2.05, 4.69) is 10.1 Å². The molecule has 2 atom stereocenters. The highest BCUT2D eigenvalue weighted by molar-refractivity contribution is 6.31. The Balaban J connectivity index is 1.56. The molecule has 1 aliphatic heterocycles. The van der Waals surface area contributed by atoms with Gasteiger partial charge in [0.05, 0.1) is 17.7 Å². The van der Waals surface area contributed by atoms with Crippen LogP contribution in [-0.4, -0.2) is 27.5 Å². The maximum atomic E-state index is 6.58. The molecule has 0 spiro atoms. The summed E-state index contributed by atoms with van der Waals surface area (Å²) in [6, 6.07) is 15.5. The second-order valence-corrected chi connectivity index (χ2v) is 6.91. The minimum absolute atomic E-state index is 0.0430. The third-order valence-electron chi connectivity index (χ3n) is 4.38. The molecule has 0 radical (unpaired) electrons. The number of hydrogen-bond donors (Lipinski definition) is 0. The maximum absolute atomic E-state index is 6.58. The van der Waals surface area contributed by atoms with Crippen LogP contribution in [-0.2, 0) is 28.4 Å². The van der Waals surface area contributed by atoms with Gasteiger partial charge < -0.3 is 14.2 Å². The quantitative estimate of drug-likeness (QED) is 0.646. The Bertz CT molecular complexity index is 889. The Hall–Kier alpha value is -2.41. The van der Waals surface area contributed by atoms with Gasteiger partial charge in [0.2, 0.25) is 5.79 Å². The van der Waals surface area contributed by atoms with Crippen LogP contribution >= 0.6 is 11.6 Å². The van der Waals surface area contributed by atoms with E-state index in [1.165, 1.54) is 6.33 Å². The van der Waals surface area contributed by atoms with Crippen LogP contribution in [0, 0.1) is 0 Å². The van der Waals surface area contributed by atoms with E-state index in [4.69, 9.17) is 25.8 Å². The van der Waals surface area contributed by atoms with Crippen LogP contribution in [0.5, 0.6) is 5.75 Å². The largest absolute Gasteiger partial charge is 0.489 e. The molecule has 0 amide bonds. The fraction of sp³-hybridized carbons (Fsp3) is 0.300. The summed E-state index contributed by atoms with van der Waals surface area (Å²) in [6.07, 6.45) is 3.07. The number of nitrogens with zero attached hydrogens (tertiary/aromatic N) is 3. The molecule has 2 unspecified atom stereocenters. The van der Waals surface area contributed by atoms with E-state index >= 15 is 0 Å². The van der Waals surface area contributed by atoms with Gasteiger partial charge in [0.1, 0.15) is 31.6 Å². The lowest BCUT2D eigenvalue weighted by atomic mass is 10.1. The monoisotopic (exact) mass is 385 g/mol. The third kappa shape index (κ3) is 3.98. The first-order valence-corrected chi connectivity index (χ1v) is 9.13. The highest BCUT2D eigenvalue weighted by Crippen LogP contribution is 2.40. The van der Waals surface area contributed by atoms with Crippen LogP contribution in [0.25, 0.3) is 0 Å². The Labute approximate surface area is 162 Å². The maximum Gasteiger partial charge on any atom is 0.217 e. The number of halogens is 1. The molecule has 1 fully saturated rings. The average molecular weight is 386 g/mol. The van der Waals surface area contributed by atoms with E-state index in [-0.39, 0.29) is 6.10 Å². The van der Waals surface area contributed by atoms with Gasteiger partial charge in [-0.15, -0.1) is 0 Å². The molecule has 2 aromatic carbocycles. The van der Waals surface area contributed by atoms with Gasteiger partial charge in [0.25, 0.3) is 0 Å². The van der Waals surface area contributed by atoms with E-state index in [1.54, 1.807) is 17.1 Å². The molecule has 0 bridgehead atoms. The minimum atomic E-state index is -0.998. The van der Waals surface area contributed by atoms with Crippen molar-refractivity contribution in [3.8, 4) is 5.75 Å². The molecule has 3 aromatic rings. The van der Waals surface area contributed by atoms with Crippen LogP contribution in [0.4, 0.5) is 0 Å². The smallest absolute Gasteiger partial charge is 0.217 e. The fourth-order valence-electron chi connectivity index (χ4n) is 3.12.